The fraction of sp³-hybridized carbons (Fsp3) is 0.867. The largest absolute Gasteiger partial charge is 0.481 e. The molecule has 4 heteroatoms. The molecule has 0 aliphatic heterocycles. The molecule has 0 aromatic carbocycles. The first-order valence-corrected chi connectivity index (χ1v) is 7.25. The van der Waals surface area contributed by atoms with Gasteiger partial charge in [-0.25, -0.2) is 0 Å². The predicted molar refractivity (Wildman–Crippen MR) is 77.3 cm³/mol. The van der Waals surface area contributed by atoms with Gasteiger partial charge in [0.05, 0.1) is 11.3 Å². The smallest absolute Gasteiger partial charge is 0.309 e. The number of hydrogen-bond acceptors (Lipinski definition) is 2. The van der Waals surface area contributed by atoms with E-state index in [1.165, 1.54) is 0 Å². The first kappa shape index (κ1) is 20.3. The maximum atomic E-state index is 10.5. The van der Waals surface area contributed by atoms with Crippen LogP contribution in [-0.2, 0) is 9.59 Å². The van der Waals surface area contributed by atoms with Crippen LogP contribution in [0.15, 0.2) is 0 Å². The van der Waals surface area contributed by atoms with Crippen LogP contribution >= 0.6 is 0 Å². The summed E-state index contributed by atoms with van der Waals surface area (Å²) in [6.45, 7) is 9.58. The van der Waals surface area contributed by atoms with Crippen LogP contribution in [0.25, 0.3) is 0 Å². The summed E-state index contributed by atoms with van der Waals surface area (Å²) in [6, 6.07) is 0. The summed E-state index contributed by atoms with van der Waals surface area (Å²) in [7, 11) is 0. The van der Waals surface area contributed by atoms with Gasteiger partial charge in [0, 0.05) is 0 Å². The first-order chi connectivity index (χ1) is 8.78. The minimum Gasteiger partial charge on any atom is -0.481 e. The fourth-order valence-corrected chi connectivity index (χ4v) is 1.51. The summed E-state index contributed by atoms with van der Waals surface area (Å²) in [6.07, 6.45) is 5.13. The van der Waals surface area contributed by atoms with E-state index in [4.69, 9.17) is 10.2 Å². The van der Waals surface area contributed by atoms with E-state index in [9.17, 15) is 9.59 Å². The van der Waals surface area contributed by atoms with Crippen molar-refractivity contribution in [1.82, 2.24) is 0 Å². The Labute approximate surface area is 117 Å². The van der Waals surface area contributed by atoms with Crippen molar-refractivity contribution in [2.24, 2.45) is 11.3 Å². The summed E-state index contributed by atoms with van der Waals surface area (Å²) >= 11 is 0. The Bertz CT molecular complexity index is 257. The molecule has 0 aliphatic rings. The van der Waals surface area contributed by atoms with E-state index in [0.29, 0.717) is 12.8 Å². The molecule has 0 bridgehead atoms. The van der Waals surface area contributed by atoms with Gasteiger partial charge in [0.2, 0.25) is 0 Å². The van der Waals surface area contributed by atoms with Crippen molar-refractivity contribution in [2.45, 2.75) is 73.1 Å². The first-order valence-electron chi connectivity index (χ1n) is 7.25. The van der Waals surface area contributed by atoms with Crippen LogP contribution < -0.4 is 0 Å². The molecule has 4 nitrogen and oxygen atoms in total. The molecular weight excluding hydrogens is 244 g/mol. The maximum Gasteiger partial charge on any atom is 0.309 e. The summed E-state index contributed by atoms with van der Waals surface area (Å²) < 4.78 is 0. The minimum atomic E-state index is -0.687. The molecule has 1 atom stereocenters. The molecule has 0 heterocycles. The van der Waals surface area contributed by atoms with Crippen molar-refractivity contribution in [2.75, 3.05) is 0 Å². The molecular formula is C15H30O4. The minimum absolute atomic E-state index is 0.111. The van der Waals surface area contributed by atoms with E-state index >= 15 is 0 Å². The van der Waals surface area contributed by atoms with Crippen LogP contribution in [0.2, 0.25) is 0 Å². The van der Waals surface area contributed by atoms with Crippen molar-refractivity contribution in [3.63, 3.8) is 0 Å². The molecule has 2 N–H and O–H groups in total. The number of carboxylic acid groups (broad SMARTS) is 2. The monoisotopic (exact) mass is 274 g/mol. The highest BCUT2D eigenvalue weighted by atomic mass is 16.4. The molecule has 19 heavy (non-hydrogen) atoms. The van der Waals surface area contributed by atoms with Gasteiger partial charge in [-0.05, 0) is 32.6 Å². The van der Waals surface area contributed by atoms with E-state index in [2.05, 4.69) is 6.92 Å². The van der Waals surface area contributed by atoms with E-state index in [-0.39, 0.29) is 5.92 Å². The van der Waals surface area contributed by atoms with Crippen LogP contribution in [0, 0.1) is 11.3 Å². The van der Waals surface area contributed by atoms with E-state index in [1.54, 1.807) is 6.92 Å². The Kier molecular flexibility index (Phi) is 11.5. The Morgan fingerprint density at radius 3 is 1.68 bits per heavy atom. The molecule has 0 spiro atoms. The molecule has 0 fully saturated rings. The normalized spacial score (nSPS) is 12.3. The van der Waals surface area contributed by atoms with Crippen molar-refractivity contribution in [3.05, 3.63) is 0 Å². The number of aliphatic carboxylic acids is 2. The van der Waals surface area contributed by atoms with Gasteiger partial charge in [-0.2, -0.15) is 0 Å². The zero-order valence-electron chi connectivity index (χ0n) is 13.0. The van der Waals surface area contributed by atoms with Gasteiger partial charge >= 0.3 is 11.9 Å². The molecule has 0 radical (unpaired) electrons. The van der Waals surface area contributed by atoms with Crippen molar-refractivity contribution < 1.29 is 19.8 Å². The van der Waals surface area contributed by atoms with Gasteiger partial charge in [0.25, 0.3) is 0 Å². The third-order valence-electron chi connectivity index (χ3n) is 3.83. The second kappa shape index (κ2) is 10.8. The lowest BCUT2D eigenvalue weighted by atomic mass is 9.85. The molecule has 0 amide bonds. The van der Waals surface area contributed by atoms with E-state index < -0.39 is 17.4 Å². The third-order valence-corrected chi connectivity index (χ3v) is 3.83. The Balaban J connectivity index is 0. The maximum absolute atomic E-state index is 10.5. The van der Waals surface area contributed by atoms with Gasteiger partial charge in [-0.15, -0.1) is 0 Å². The molecule has 0 saturated heterocycles. The molecule has 0 rings (SSSR count). The SMILES string of the molecule is CCC(C)(CC)C(=O)O.CCCCC(CC)C(=O)O. The summed E-state index contributed by atoms with van der Waals surface area (Å²) in [4.78, 5) is 20.9. The molecule has 0 aromatic rings. The van der Waals surface area contributed by atoms with Crippen molar-refractivity contribution in [3.8, 4) is 0 Å². The van der Waals surface area contributed by atoms with Crippen LogP contribution in [0.5, 0.6) is 0 Å². The third kappa shape index (κ3) is 8.62. The molecule has 114 valence electrons. The predicted octanol–water partition coefficient (Wildman–Crippen LogP) is 4.18. The number of hydrogen-bond donors (Lipinski definition) is 2. The highest BCUT2D eigenvalue weighted by molar-refractivity contribution is 5.73. The lowest BCUT2D eigenvalue weighted by Crippen LogP contribution is -2.25. The fourth-order valence-electron chi connectivity index (χ4n) is 1.51. The van der Waals surface area contributed by atoms with E-state index in [0.717, 1.165) is 25.7 Å². The summed E-state index contributed by atoms with van der Waals surface area (Å²) in [5.74, 6) is -1.44. The molecule has 1 unspecified atom stereocenters. The Hall–Kier alpha value is -1.06. The lowest BCUT2D eigenvalue weighted by Gasteiger charge is -2.19. The van der Waals surface area contributed by atoms with Gasteiger partial charge in [0.15, 0.2) is 0 Å². The van der Waals surface area contributed by atoms with Crippen molar-refractivity contribution >= 4 is 11.9 Å². The number of unbranched alkanes of at least 4 members (excludes halogenated alkanes) is 1. The zero-order chi connectivity index (χ0) is 15.5. The quantitative estimate of drug-likeness (QED) is 0.696. The van der Waals surface area contributed by atoms with E-state index in [1.807, 2.05) is 20.8 Å². The van der Waals surface area contributed by atoms with Crippen LogP contribution in [0.3, 0.4) is 0 Å². The second-order valence-electron chi connectivity index (χ2n) is 5.16. The van der Waals surface area contributed by atoms with Crippen LogP contribution in [-0.4, -0.2) is 22.2 Å². The molecule has 0 aliphatic carbocycles. The van der Waals surface area contributed by atoms with Gasteiger partial charge in [-0.1, -0.05) is 40.5 Å². The average molecular weight is 274 g/mol. The number of carboxylic acids is 2. The van der Waals surface area contributed by atoms with Gasteiger partial charge in [0.1, 0.15) is 0 Å². The highest BCUT2D eigenvalue weighted by Crippen LogP contribution is 2.24. The molecule has 0 saturated carbocycles. The van der Waals surface area contributed by atoms with Gasteiger partial charge in [-0.3, -0.25) is 9.59 Å². The van der Waals surface area contributed by atoms with Crippen LogP contribution in [0.4, 0.5) is 0 Å². The number of rotatable bonds is 8. The summed E-state index contributed by atoms with van der Waals surface area (Å²) in [5.41, 5.74) is -0.500. The van der Waals surface area contributed by atoms with Gasteiger partial charge < -0.3 is 10.2 Å². The number of carbonyl (C=O) groups is 2. The van der Waals surface area contributed by atoms with Crippen LogP contribution in [0.1, 0.15) is 73.1 Å². The summed E-state index contributed by atoms with van der Waals surface area (Å²) in [5, 5.41) is 17.2. The highest BCUT2D eigenvalue weighted by Gasteiger charge is 2.28. The average Bonchev–Trinajstić information content (AvgIpc) is 2.38. The Morgan fingerprint density at radius 2 is 1.53 bits per heavy atom. The second-order valence-corrected chi connectivity index (χ2v) is 5.16. The molecule has 0 aromatic heterocycles. The lowest BCUT2D eigenvalue weighted by molar-refractivity contribution is -0.148. The van der Waals surface area contributed by atoms with Crippen molar-refractivity contribution in [1.29, 1.82) is 0 Å². The Morgan fingerprint density at radius 1 is 1.05 bits per heavy atom. The zero-order valence-corrected chi connectivity index (χ0v) is 13.0. The standard InChI is InChI=1S/C8H16O2.C7H14O2/c1-3-5-6-7(4-2)8(9)10;1-4-7(3,5-2)6(8)9/h7H,3-6H2,1-2H3,(H,9,10);4-5H2,1-3H3,(H,8,9). The topological polar surface area (TPSA) is 74.6 Å².